The molecule has 12 heavy (non-hydrogen) atoms. The van der Waals surface area contributed by atoms with Crippen LogP contribution in [0.5, 0.6) is 0 Å². The topological polar surface area (TPSA) is 59.1 Å². The third-order valence-electron chi connectivity index (χ3n) is 1.23. The van der Waals surface area contributed by atoms with Crippen LogP contribution in [0.15, 0.2) is 23.2 Å². The van der Waals surface area contributed by atoms with Crippen molar-refractivity contribution in [3.05, 3.63) is 24.1 Å². The second kappa shape index (κ2) is 3.16. The van der Waals surface area contributed by atoms with E-state index in [9.17, 15) is 12.8 Å². The second-order valence-corrected chi connectivity index (χ2v) is 3.84. The Bertz CT molecular complexity index is 377. The minimum Gasteiger partial charge on any atom is -0.213 e. The first-order valence-electron chi connectivity index (χ1n) is 3.12. The molecule has 1 aromatic rings. The van der Waals surface area contributed by atoms with E-state index in [4.69, 9.17) is 0 Å². The van der Waals surface area contributed by atoms with Gasteiger partial charge >= 0.3 is 0 Å². The molecule has 0 radical (unpaired) electrons. The molecule has 4 nitrogen and oxygen atoms in total. The van der Waals surface area contributed by atoms with Gasteiger partial charge < -0.3 is 0 Å². The molecule has 1 heterocycles. The molecular weight excluding hydrogens is 183 g/mol. The van der Waals surface area contributed by atoms with E-state index in [-0.39, 0.29) is 5.03 Å². The van der Waals surface area contributed by atoms with Crippen LogP contribution < -0.4 is 4.72 Å². The summed E-state index contributed by atoms with van der Waals surface area (Å²) in [5, 5.41) is -0.315. The third kappa shape index (κ3) is 1.77. The van der Waals surface area contributed by atoms with E-state index >= 15 is 0 Å². The fraction of sp³-hybridized carbons (Fsp3) is 0.167. The third-order valence-corrected chi connectivity index (χ3v) is 2.55. The number of nitrogens with one attached hydrogen (secondary N) is 1. The van der Waals surface area contributed by atoms with E-state index in [1.54, 1.807) is 0 Å². The zero-order valence-electron chi connectivity index (χ0n) is 6.28. The average Bonchev–Trinajstić information content (AvgIpc) is 2.05. The van der Waals surface area contributed by atoms with Crippen LogP contribution in [0.4, 0.5) is 4.39 Å². The number of rotatable bonds is 2. The zero-order chi connectivity index (χ0) is 9.19. The van der Waals surface area contributed by atoms with Crippen molar-refractivity contribution in [3.8, 4) is 0 Å². The highest BCUT2D eigenvalue weighted by atomic mass is 32.2. The van der Waals surface area contributed by atoms with Gasteiger partial charge in [0.1, 0.15) is 0 Å². The summed E-state index contributed by atoms with van der Waals surface area (Å²) < 4.78 is 36.5. The Morgan fingerprint density at radius 3 is 2.67 bits per heavy atom. The summed E-state index contributed by atoms with van der Waals surface area (Å²) in [6.07, 6.45) is 0. The van der Waals surface area contributed by atoms with Crippen molar-refractivity contribution in [3.63, 3.8) is 0 Å². The van der Waals surface area contributed by atoms with Crippen molar-refractivity contribution in [2.45, 2.75) is 5.03 Å². The van der Waals surface area contributed by atoms with E-state index in [0.717, 1.165) is 6.07 Å². The predicted octanol–water partition coefficient (Wildman–Crippen LogP) is 0.129. The normalized spacial score (nSPS) is 11.5. The van der Waals surface area contributed by atoms with Crippen LogP contribution in [0.1, 0.15) is 0 Å². The molecule has 0 amide bonds. The molecule has 1 rings (SSSR count). The lowest BCUT2D eigenvalue weighted by atomic mass is 10.5. The van der Waals surface area contributed by atoms with Gasteiger partial charge in [0.25, 0.3) is 10.0 Å². The monoisotopic (exact) mass is 190 g/mol. The lowest BCUT2D eigenvalue weighted by Gasteiger charge is -1.99. The lowest BCUT2D eigenvalue weighted by Crippen LogP contribution is -2.20. The molecule has 0 saturated heterocycles. The Hall–Kier alpha value is -1.01. The van der Waals surface area contributed by atoms with E-state index in [0.29, 0.717) is 0 Å². The maximum Gasteiger partial charge on any atom is 0.257 e. The van der Waals surface area contributed by atoms with E-state index in [1.807, 2.05) is 4.72 Å². The highest BCUT2D eigenvalue weighted by molar-refractivity contribution is 7.89. The van der Waals surface area contributed by atoms with Crippen molar-refractivity contribution in [2.75, 3.05) is 7.05 Å². The Morgan fingerprint density at radius 2 is 2.17 bits per heavy atom. The molecule has 0 spiro atoms. The quantitative estimate of drug-likeness (QED) is 0.674. The predicted molar refractivity (Wildman–Crippen MR) is 40.4 cm³/mol. The fourth-order valence-electron chi connectivity index (χ4n) is 0.644. The molecule has 0 aliphatic heterocycles. The maximum absolute atomic E-state index is 12.4. The van der Waals surface area contributed by atoms with Crippen molar-refractivity contribution in [1.29, 1.82) is 0 Å². The number of pyridine rings is 1. The molecule has 0 aliphatic carbocycles. The summed E-state index contributed by atoms with van der Waals surface area (Å²) in [4.78, 5) is 3.20. The van der Waals surface area contributed by atoms with Gasteiger partial charge in [0, 0.05) is 0 Å². The molecule has 0 aromatic carbocycles. The first kappa shape index (κ1) is 9.08. The molecule has 1 aromatic heterocycles. The van der Waals surface area contributed by atoms with Gasteiger partial charge in [-0.1, -0.05) is 6.07 Å². The summed E-state index contributed by atoms with van der Waals surface area (Å²) in [5.41, 5.74) is 0. The molecule has 0 atom stereocenters. The average molecular weight is 190 g/mol. The lowest BCUT2D eigenvalue weighted by molar-refractivity contribution is 0.553. The number of aromatic nitrogens is 1. The number of hydrogen-bond donors (Lipinski definition) is 1. The Kier molecular flexibility index (Phi) is 2.39. The van der Waals surface area contributed by atoms with E-state index < -0.39 is 16.0 Å². The summed E-state index contributed by atoms with van der Waals surface area (Å²) in [7, 11) is -2.38. The molecular formula is C6H7FN2O2S. The first-order chi connectivity index (χ1) is 5.56. The minimum atomic E-state index is -3.62. The van der Waals surface area contributed by atoms with Gasteiger partial charge in [-0.15, -0.1) is 0 Å². The molecule has 1 N–H and O–H groups in total. The first-order valence-corrected chi connectivity index (χ1v) is 4.60. The molecule has 0 aliphatic rings. The van der Waals surface area contributed by atoms with Gasteiger partial charge in [-0.05, 0) is 19.2 Å². The number of sulfonamides is 1. The smallest absolute Gasteiger partial charge is 0.213 e. The van der Waals surface area contributed by atoms with Crippen molar-refractivity contribution in [2.24, 2.45) is 0 Å². The number of nitrogens with zero attached hydrogens (tertiary/aromatic N) is 1. The van der Waals surface area contributed by atoms with Crippen molar-refractivity contribution < 1.29 is 12.8 Å². The molecule has 0 bridgehead atoms. The van der Waals surface area contributed by atoms with Crippen LogP contribution >= 0.6 is 0 Å². The molecule has 0 unspecified atom stereocenters. The highest BCUT2D eigenvalue weighted by Crippen LogP contribution is 2.03. The summed E-state index contributed by atoms with van der Waals surface area (Å²) in [5.74, 6) is -0.814. The van der Waals surface area contributed by atoms with Crippen LogP contribution in [0.25, 0.3) is 0 Å². The Labute approximate surface area is 69.5 Å². The van der Waals surface area contributed by atoms with Gasteiger partial charge in [-0.25, -0.2) is 18.1 Å². The van der Waals surface area contributed by atoms with Gasteiger partial charge in [-0.2, -0.15) is 4.39 Å². The summed E-state index contributed by atoms with van der Waals surface area (Å²) in [6, 6.07) is 3.58. The van der Waals surface area contributed by atoms with Crippen molar-refractivity contribution >= 4 is 10.0 Å². The van der Waals surface area contributed by atoms with Crippen LogP contribution in [0.2, 0.25) is 0 Å². The van der Waals surface area contributed by atoms with Gasteiger partial charge in [0.05, 0.1) is 0 Å². The summed E-state index contributed by atoms with van der Waals surface area (Å²) in [6.45, 7) is 0. The number of halogens is 1. The van der Waals surface area contributed by atoms with Crippen LogP contribution in [0, 0.1) is 5.95 Å². The maximum atomic E-state index is 12.4. The molecule has 0 fully saturated rings. The highest BCUT2D eigenvalue weighted by Gasteiger charge is 2.12. The van der Waals surface area contributed by atoms with Crippen LogP contribution in [-0.4, -0.2) is 20.4 Å². The standard InChI is InChI=1S/C6H7FN2O2S/c1-8-12(10,11)6-4-2-3-5(7)9-6/h2-4,8H,1H3. The molecule has 6 heteroatoms. The zero-order valence-corrected chi connectivity index (χ0v) is 7.10. The molecule has 66 valence electrons. The summed E-state index contributed by atoms with van der Waals surface area (Å²) >= 11 is 0. The van der Waals surface area contributed by atoms with Crippen LogP contribution in [-0.2, 0) is 10.0 Å². The number of hydrogen-bond acceptors (Lipinski definition) is 3. The van der Waals surface area contributed by atoms with Gasteiger partial charge in [0.15, 0.2) is 5.03 Å². The Balaban J connectivity index is 3.21. The fourth-order valence-corrected chi connectivity index (χ4v) is 1.32. The Morgan fingerprint density at radius 1 is 1.50 bits per heavy atom. The second-order valence-electron chi connectivity index (χ2n) is 2.01. The SMILES string of the molecule is CNS(=O)(=O)c1cccc(F)n1. The minimum absolute atomic E-state index is 0.315. The van der Waals surface area contributed by atoms with E-state index in [2.05, 4.69) is 4.98 Å². The largest absolute Gasteiger partial charge is 0.257 e. The van der Waals surface area contributed by atoms with Crippen molar-refractivity contribution in [1.82, 2.24) is 9.71 Å². The van der Waals surface area contributed by atoms with Gasteiger partial charge in [-0.3, -0.25) is 0 Å². The van der Waals surface area contributed by atoms with Crippen LogP contribution in [0.3, 0.4) is 0 Å². The van der Waals surface area contributed by atoms with E-state index in [1.165, 1.54) is 19.2 Å². The molecule has 0 saturated carbocycles. The van der Waals surface area contributed by atoms with Gasteiger partial charge in [0.2, 0.25) is 5.95 Å².